The van der Waals surface area contributed by atoms with Crippen LogP contribution >= 0.6 is 0 Å². The van der Waals surface area contributed by atoms with Gasteiger partial charge in [-0.1, -0.05) is 30.3 Å². The van der Waals surface area contributed by atoms with Gasteiger partial charge in [0.25, 0.3) is 0 Å². The fraction of sp³-hybridized carbons (Fsp3) is 0.500. The largest absolute Gasteiger partial charge is 0.344 e. The van der Waals surface area contributed by atoms with Crippen LogP contribution in [0, 0.1) is 0 Å². The summed E-state index contributed by atoms with van der Waals surface area (Å²) in [7, 11) is -3.39. The van der Waals surface area contributed by atoms with Gasteiger partial charge in [-0.3, -0.25) is 9.59 Å². The molecular formula is C16H21N3O4S. The number of hydrogen-bond acceptors (Lipinski definition) is 4. The first-order chi connectivity index (χ1) is 11.5. The Labute approximate surface area is 141 Å². The van der Waals surface area contributed by atoms with E-state index in [2.05, 4.69) is 5.32 Å². The molecule has 130 valence electrons. The molecule has 2 amide bonds. The molecule has 2 saturated heterocycles. The molecule has 24 heavy (non-hydrogen) atoms. The van der Waals surface area contributed by atoms with Crippen molar-refractivity contribution in [2.45, 2.75) is 24.6 Å². The highest BCUT2D eigenvalue weighted by molar-refractivity contribution is 7.88. The van der Waals surface area contributed by atoms with Crippen molar-refractivity contribution in [2.75, 3.05) is 26.2 Å². The highest BCUT2D eigenvalue weighted by atomic mass is 32.2. The molecule has 0 spiro atoms. The number of amides is 2. The minimum atomic E-state index is -3.39. The van der Waals surface area contributed by atoms with Crippen LogP contribution < -0.4 is 5.32 Å². The van der Waals surface area contributed by atoms with Crippen molar-refractivity contribution in [1.29, 1.82) is 0 Å². The molecule has 2 aliphatic heterocycles. The summed E-state index contributed by atoms with van der Waals surface area (Å²) in [6.45, 7) is 1.31. The zero-order chi connectivity index (χ0) is 17.2. The quantitative estimate of drug-likeness (QED) is 0.823. The lowest BCUT2D eigenvalue weighted by Gasteiger charge is -2.35. The van der Waals surface area contributed by atoms with Crippen molar-refractivity contribution >= 4 is 21.8 Å². The highest BCUT2D eigenvalue weighted by Crippen LogP contribution is 2.16. The number of piperazine rings is 1. The average Bonchev–Trinajstić information content (AvgIpc) is 3.01. The molecule has 8 heteroatoms. The van der Waals surface area contributed by atoms with E-state index in [0.717, 1.165) is 5.56 Å². The van der Waals surface area contributed by atoms with E-state index in [1.807, 2.05) is 18.2 Å². The number of rotatable bonds is 4. The van der Waals surface area contributed by atoms with Gasteiger partial charge in [0, 0.05) is 32.6 Å². The van der Waals surface area contributed by atoms with Gasteiger partial charge in [0.05, 0.1) is 5.75 Å². The Balaban J connectivity index is 1.56. The number of nitrogens with one attached hydrogen (secondary N) is 1. The Hall–Kier alpha value is -1.93. The van der Waals surface area contributed by atoms with E-state index in [1.54, 1.807) is 17.0 Å². The van der Waals surface area contributed by atoms with E-state index in [1.165, 1.54) is 4.31 Å². The minimum Gasteiger partial charge on any atom is -0.344 e. The standard InChI is InChI=1S/C16H21N3O4S/c20-15-7-6-14(17-15)16(21)18-8-10-19(11-9-18)24(22,23)12-13-4-2-1-3-5-13/h1-5,14H,6-12H2,(H,17,20)/t14-/m1/s1. The molecule has 7 nitrogen and oxygen atoms in total. The molecule has 1 N–H and O–H groups in total. The monoisotopic (exact) mass is 351 g/mol. The van der Waals surface area contributed by atoms with Crippen LogP contribution in [0.5, 0.6) is 0 Å². The van der Waals surface area contributed by atoms with Crippen molar-refractivity contribution in [3.63, 3.8) is 0 Å². The maximum atomic E-state index is 12.5. The molecule has 1 atom stereocenters. The molecule has 0 bridgehead atoms. The van der Waals surface area contributed by atoms with Gasteiger partial charge in [-0.15, -0.1) is 0 Å². The van der Waals surface area contributed by atoms with Gasteiger partial charge in [0.15, 0.2) is 0 Å². The van der Waals surface area contributed by atoms with Crippen LogP contribution in [0.25, 0.3) is 0 Å². The van der Waals surface area contributed by atoms with Crippen LogP contribution in [0.2, 0.25) is 0 Å². The maximum absolute atomic E-state index is 12.5. The highest BCUT2D eigenvalue weighted by Gasteiger charge is 2.34. The van der Waals surface area contributed by atoms with E-state index in [0.29, 0.717) is 39.0 Å². The number of nitrogens with zero attached hydrogens (tertiary/aromatic N) is 2. The van der Waals surface area contributed by atoms with E-state index >= 15 is 0 Å². The van der Waals surface area contributed by atoms with E-state index in [-0.39, 0.29) is 17.6 Å². The first kappa shape index (κ1) is 16.9. The second-order valence-corrected chi connectivity index (χ2v) is 8.09. The van der Waals surface area contributed by atoms with Gasteiger partial charge in [-0.2, -0.15) is 4.31 Å². The summed E-state index contributed by atoms with van der Waals surface area (Å²) in [5, 5.41) is 2.66. The first-order valence-corrected chi connectivity index (χ1v) is 9.66. The van der Waals surface area contributed by atoms with E-state index in [9.17, 15) is 18.0 Å². The van der Waals surface area contributed by atoms with E-state index in [4.69, 9.17) is 0 Å². The molecule has 2 fully saturated rings. The van der Waals surface area contributed by atoms with Crippen molar-refractivity contribution in [3.8, 4) is 0 Å². The van der Waals surface area contributed by atoms with Gasteiger partial charge >= 0.3 is 0 Å². The summed E-state index contributed by atoms with van der Waals surface area (Å²) in [5.74, 6) is -0.237. The van der Waals surface area contributed by atoms with Crippen molar-refractivity contribution < 1.29 is 18.0 Å². The summed E-state index contributed by atoms with van der Waals surface area (Å²) >= 11 is 0. The van der Waals surface area contributed by atoms with Crippen molar-refractivity contribution in [3.05, 3.63) is 35.9 Å². The Morgan fingerprint density at radius 1 is 1.12 bits per heavy atom. The lowest BCUT2D eigenvalue weighted by Crippen LogP contribution is -2.54. The molecule has 2 heterocycles. The van der Waals surface area contributed by atoms with Crippen LogP contribution in [0.4, 0.5) is 0 Å². The van der Waals surface area contributed by atoms with Crippen molar-refractivity contribution in [1.82, 2.24) is 14.5 Å². The first-order valence-electron chi connectivity index (χ1n) is 8.05. The Bertz CT molecular complexity index is 712. The van der Waals surface area contributed by atoms with Crippen LogP contribution in [-0.4, -0.2) is 61.7 Å². The predicted octanol–water partition coefficient (Wildman–Crippen LogP) is -0.0608. The molecule has 0 aliphatic carbocycles. The van der Waals surface area contributed by atoms with Gasteiger partial charge in [-0.05, 0) is 12.0 Å². The van der Waals surface area contributed by atoms with E-state index < -0.39 is 16.1 Å². The fourth-order valence-corrected chi connectivity index (χ4v) is 4.60. The topological polar surface area (TPSA) is 86.8 Å². The van der Waals surface area contributed by atoms with Crippen LogP contribution in [0.1, 0.15) is 18.4 Å². The third-order valence-electron chi connectivity index (χ3n) is 4.43. The maximum Gasteiger partial charge on any atom is 0.245 e. The van der Waals surface area contributed by atoms with Gasteiger partial charge < -0.3 is 10.2 Å². The lowest BCUT2D eigenvalue weighted by molar-refractivity contribution is -0.135. The summed E-state index contributed by atoms with van der Waals surface area (Å²) in [6.07, 6.45) is 0.895. The fourth-order valence-electron chi connectivity index (χ4n) is 3.08. The SMILES string of the molecule is O=C1CC[C@H](C(=O)N2CCN(S(=O)(=O)Cc3ccccc3)CC2)N1. The number of sulfonamides is 1. The molecule has 0 unspecified atom stereocenters. The van der Waals surface area contributed by atoms with Crippen molar-refractivity contribution in [2.24, 2.45) is 0 Å². The van der Waals surface area contributed by atoms with Gasteiger partial charge in [0.1, 0.15) is 6.04 Å². The second-order valence-electron chi connectivity index (χ2n) is 6.12. The Kier molecular flexibility index (Phi) is 4.86. The molecule has 0 aromatic heterocycles. The zero-order valence-corrected chi connectivity index (χ0v) is 14.2. The van der Waals surface area contributed by atoms with Gasteiger partial charge in [0.2, 0.25) is 21.8 Å². The average molecular weight is 351 g/mol. The molecule has 0 radical (unpaired) electrons. The predicted molar refractivity (Wildman–Crippen MR) is 88.4 cm³/mol. The molecule has 3 rings (SSSR count). The Morgan fingerprint density at radius 2 is 1.79 bits per heavy atom. The normalized spacial score (nSPS) is 22.4. The van der Waals surface area contributed by atoms with Gasteiger partial charge in [-0.25, -0.2) is 8.42 Å². The molecule has 1 aromatic carbocycles. The summed E-state index contributed by atoms with van der Waals surface area (Å²) < 4.78 is 26.4. The molecule has 0 saturated carbocycles. The summed E-state index contributed by atoms with van der Waals surface area (Å²) in [6, 6.07) is 8.61. The number of carbonyl (C=O) groups is 2. The summed E-state index contributed by atoms with van der Waals surface area (Å²) in [4.78, 5) is 25.2. The van der Waals surface area contributed by atoms with Crippen LogP contribution in [-0.2, 0) is 25.4 Å². The smallest absolute Gasteiger partial charge is 0.245 e. The molecule has 2 aliphatic rings. The Morgan fingerprint density at radius 3 is 2.38 bits per heavy atom. The van der Waals surface area contributed by atoms with Crippen LogP contribution in [0.15, 0.2) is 30.3 Å². The minimum absolute atomic E-state index is 0.0273. The second kappa shape index (κ2) is 6.90. The zero-order valence-electron chi connectivity index (χ0n) is 13.3. The summed E-state index contributed by atoms with van der Waals surface area (Å²) in [5.41, 5.74) is 0.754. The number of benzene rings is 1. The number of hydrogen-bond donors (Lipinski definition) is 1. The lowest BCUT2D eigenvalue weighted by atomic mass is 10.2. The third kappa shape index (κ3) is 3.76. The van der Waals surface area contributed by atoms with Crippen LogP contribution in [0.3, 0.4) is 0 Å². The molecule has 1 aromatic rings. The third-order valence-corrected chi connectivity index (χ3v) is 6.28. The molecular weight excluding hydrogens is 330 g/mol. The number of carbonyl (C=O) groups excluding carboxylic acids is 2.